The van der Waals surface area contributed by atoms with Crippen molar-refractivity contribution in [3.8, 4) is 11.5 Å². The Morgan fingerprint density at radius 2 is 1.78 bits per heavy atom. The Balaban J connectivity index is 2.47. The van der Waals surface area contributed by atoms with Crippen LogP contribution >= 0.6 is 15.9 Å². The number of benzene rings is 1. The second kappa shape index (κ2) is 5.93. The van der Waals surface area contributed by atoms with Gasteiger partial charge < -0.3 is 14.8 Å². The number of hydrogen-bond donors (Lipinski definition) is 1. The molecule has 0 aromatic heterocycles. The summed E-state index contributed by atoms with van der Waals surface area (Å²) in [6.45, 7) is 4.18. The Morgan fingerprint density at radius 1 is 1.17 bits per heavy atom. The maximum atomic E-state index is 5.59. The Bertz CT molecular complexity index is 428. The molecule has 0 amide bonds. The first-order valence-electron chi connectivity index (χ1n) is 6.30. The van der Waals surface area contributed by atoms with Gasteiger partial charge in [-0.3, -0.25) is 0 Å². The lowest BCUT2D eigenvalue weighted by atomic mass is 9.88. The quantitative estimate of drug-likeness (QED) is 0.929. The molecule has 1 aliphatic rings. The zero-order chi connectivity index (χ0) is 13.1. The average Bonchev–Trinajstić information content (AvgIpc) is 2.42. The smallest absolute Gasteiger partial charge is 0.165 e. The molecule has 0 radical (unpaired) electrons. The van der Waals surface area contributed by atoms with Crippen molar-refractivity contribution in [1.82, 2.24) is 5.32 Å². The molecule has 0 bridgehead atoms. The number of piperidine rings is 1. The molecular formula is C14H20BrNO2. The molecule has 1 N–H and O–H groups in total. The minimum atomic E-state index is 0.548. The molecule has 0 unspecified atom stereocenters. The van der Waals surface area contributed by atoms with Gasteiger partial charge in [0.1, 0.15) is 0 Å². The summed E-state index contributed by atoms with van der Waals surface area (Å²) in [6, 6.07) is 2.19. The van der Waals surface area contributed by atoms with Gasteiger partial charge in [0.2, 0.25) is 0 Å². The van der Waals surface area contributed by atoms with Crippen molar-refractivity contribution < 1.29 is 9.47 Å². The number of nitrogens with one attached hydrogen (secondary N) is 1. The second-order valence-corrected chi connectivity index (χ2v) is 5.52. The molecule has 0 saturated carbocycles. The molecular weight excluding hydrogens is 294 g/mol. The lowest BCUT2D eigenvalue weighted by Crippen LogP contribution is -2.27. The topological polar surface area (TPSA) is 30.5 Å². The SMILES string of the molecule is COc1c(C2CCNCC2)cc(Br)c(C)c1OC. The first kappa shape index (κ1) is 13.7. The van der Waals surface area contributed by atoms with Crippen LogP contribution in [-0.2, 0) is 0 Å². The van der Waals surface area contributed by atoms with Crippen LogP contribution in [0.15, 0.2) is 10.5 Å². The van der Waals surface area contributed by atoms with E-state index in [4.69, 9.17) is 9.47 Å². The first-order valence-corrected chi connectivity index (χ1v) is 7.10. The molecule has 0 aliphatic carbocycles. The summed E-state index contributed by atoms with van der Waals surface area (Å²) in [5.74, 6) is 2.29. The molecule has 2 rings (SSSR count). The van der Waals surface area contributed by atoms with E-state index in [-0.39, 0.29) is 0 Å². The predicted molar refractivity (Wildman–Crippen MR) is 76.8 cm³/mol. The number of rotatable bonds is 3. The van der Waals surface area contributed by atoms with E-state index in [1.807, 2.05) is 6.92 Å². The van der Waals surface area contributed by atoms with Gasteiger partial charge in [-0.15, -0.1) is 0 Å². The van der Waals surface area contributed by atoms with Crippen LogP contribution in [-0.4, -0.2) is 27.3 Å². The van der Waals surface area contributed by atoms with Crippen LogP contribution in [0.25, 0.3) is 0 Å². The van der Waals surface area contributed by atoms with E-state index in [1.54, 1.807) is 14.2 Å². The largest absolute Gasteiger partial charge is 0.493 e. The van der Waals surface area contributed by atoms with Crippen LogP contribution in [0.4, 0.5) is 0 Å². The monoisotopic (exact) mass is 313 g/mol. The molecule has 4 heteroatoms. The molecule has 1 heterocycles. The van der Waals surface area contributed by atoms with Crippen molar-refractivity contribution >= 4 is 15.9 Å². The Labute approximate surface area is 117 Å². The highest BCUT2D eigenvalue weighted by atomic mass is 79.9. The minimum Gasteiger partial charge on any atom is -0.493 e. The van der Waals surface area contributed by atoms with Gasteiger partial charge in [-0.05, 0) is 44.8 Å². The van der Waals surface area contributed by atoms with Gasteiger partial charge in [0.15, 0.2) is 11.5 Å². The van der Waals surface area contributed by atoms with Crippen molar-refractivity contribution in [1.29, 1.82) is 0 Å². The van der Waals surface area contributed by atoms with Crippen molar-refractivity contribution in [2.75, 3.05) is 27.3 Å². The minimum absolute atomic E-state index is 0.548. The van der Waals surface area contributed by atoms with Gasteiger partial charge in [-0.1, -0.05) is 15.9 Å². The highest BCUT2D eigenvalue weighted by Gasteiger charge is 2.23. The zero-order valence-electron chi connectivity index (χ0n) is 11.2. The zero-order valence-corrected chi connectivity index (χ0v) is 12.8. The van der Waals surface area contributed by atoms with E-state index in [9.17, 15) is 0 Å². The summed E-state index contributed by atoms with van der Waals surface area (Å²) in [5.41, 5.74) is 2.35. The van der Waals surface area contributed by atoms with E-state index >= 15 is 0 Å². The molecule has 1 aromatic rings. The molecule has 0 spiro atoms. The van der Waals surface area contributed by atoms with Crippen molar-refractivity contribution in [2.45, 2.75) is 25.7 Å². The van der Waals surface area contributed by atoms with Crippen LogP contribution in [0.5, 0.6) is 11.5 Å². The summed E-state index contributed by atoms with van der Waals surface area (Å²) in [7, 11) is 3.42. The van der Waals surface area contributed by atoms with E-state index in [0.717, 1.165) is 47.5 Å². The lowest BCUT2D eigenvalue weighted by Gasteiger charge is -2.26. The van der Waals surface area contributed by atoms with Crippen LogP contribution in [0.1, 0.15) is 29.9 Å². The third kappa shape index (κ3) is 2.50. The molecule has 0 atom stereocenters. The van der Waals surface area contributed by atoms with Gasteiger partial charge in [-0.25, -0.2) is 0 Å². The van der Waals surface area contributed by atoms with E-state index < -0.39 is 0 Å². The van der Waals surface area contributed by atoms with Crippen LogP contribution < -0.4 is 14.8 Å². The maximum absolute atomic E-state index is 5.59. The predicted octanol–water partition coefficient (Wildman–Crippen LogP) is 3.24. The van der Waals surface area contributed by atoms with Gasteiger partial charge in [0.25, 0.3) is 0 Å². The van der Waals surface area contributed by atoms with Crippen molar-refractivity contribution in [3.05, 3.63) is 21.7 Å². The summed E-state index contributed by atoms with van der Waals surface area (Å²) >= 11 is 3.62. The van der Waals surface area contributed by atoms with Gasteiger partial charge >= 0.3 is 0 Å². The molecule has 1 aliphatic heterocycles. The molecule has 100 valence electrons. The summed E-state index contributed by atoms with van der Waals surface area (Å²) in [6.07, 6.45) is 2.30. The summed E-state index contributed by atoms with van der Waals surface area (Å²) < 4.78 is 12.2. The molecule has 1 saturated heterocycles. The third-order valence-electron chi connectivity index (χ3n) is 3.64. The second-order valence-electron chi connectivity index (χ2n) is 4.66. The Hall–Kier alpha value is -0.740. The van der Waals surface area contributed by atoms with Crippen LogP contribution in [0.2, 0.25) is 0 Å². The van der Waals surface area contributed by atoms with E-state index in [1.165, 1.54) is 5.56 Å². The Morgan fingerprint density at radius 3 is 2.33 bits per heavy atom. The highest BCUT2D eigenvalue weighted by molar-refractivity contribution is 9.10. The van der Waals surface area contributed by atoms with Crippen molar-refractivity contribution in [2.24, 2.45) is 0 Å². The molecule has 18 heavy (non-hydrogen) atoms. The molecule has 3 nitrogen and oxygen atoms in total. The Kier molecular flexibility index (Phi) is 4.51. The summed E-state index contributed by atoms with van der Waals surface area (Å²) in [5, 5.41) is 3.39. The van der Waals surface area contributed by atoms with Gasteiger partial charge in [0.05, 0.1) is 14.2 Å². The number of halogens is 1. The molecule has 1 aromatic carbocycles. The first-order chi connectivity index (χ1) is 8.69. The van der Waals surface area contributed by atoms with Crippen LogP contribution in [0, 0.1) is 6.92 Å². The number of ether oxygens (including phenoxy) is 2. The van der Waals surface area contributed by atoms with Crippen LogP contribution in [0.3, 0.4) is 0 Å². The van der Waals surface area contributed by atoms with E-state index in [0.29, 0.717) is 5.92 Å². The highest BCUT2D eigenvalue weighted by Crippen LogP contribution is 2.43. The summed E-state index contributed by atoms with van der Waals surface area (Å²) in [4.78, 5) is 0. The fourth-order valence-electron chi connectivity index (χ4n) is 2.61. The number of methoxy groups -OCH3 is 2. The van der Waals surface area contributed by atoms with E-state index in [2.05, 4.69) is 27.3 Å². The molecule has 1 fully saturated rings. The fourth-order valence-corrected chi connectivity index (χ4v) is 3.04. The fraction of sp³-hybridized carbons (Fsp3) is 0.571. The third-order valence-corrected chi connectivity index (χ3v) is 4.46. The lowest BCUT2D eigenvalue weighted by molar-refractivity contribution is 0.342. The normalized spacial score (nSPS) is 16.7. The van der Waals surface area contributed by atoms with Crippen molar-refractivity contribution in [3.63, 3.8) is 0 Å². The average molecular weight is 314 g/mol. The van der Waals surface area contributed by atoms with Gasteiger partial charge in [0, 0.05) is 15.6 Å². The standard InChI is InChI=1S/C14H20BrNO2/c1-9-12(15)8-11(10-4-6-16-7-5-10)14(18-3)13(9)17-2/h8,10,16H,4-7H2,1-3H3. The van der Waals surface area contributed by atoms with Gasteiger partial charge in [-0.2, -0.15) is 0 Å². The maximum Gasteiger partial charge on any atom is 0.165 e. The number of hydrogen-bond acceptors (Lipinski definition) is 3.